The lowest BCUT2D eigenvalue weighted by atomic mass is 10.1. The Morgan fingerprint density at radius 2 is 1.92 bits per heavy atom. The summed E-state index contributed by atoms with van der Waals surface area (Å²) in [4.78, 5) is 34.7. The lowest BCUT2D eigenvalue weighted by Crippen LogP contribution is -2.29. The van der Waals surface area contributed by atoms with Gasteiger partial charge in [0.1, 0.15) is 29.3 Å². The summed E-state index contributed by atoms with van der Waals surface area (Å²) >= 11 is 0. The summed E-state index contributed by atoms with van der Waals surface area (Å²) in [6, 6.07) is 0.918. The van der Waals surface area contributed by atoms with Gasteiger partial charge in [0.15, 0.2) is 6.29 Å². The third kappa shape index (κ3) is 3.29. The van der Waals surface area contributed by atoms with Gasteiger partial charge in [0.2, 0.25) is 16.9 Å². The first-order chi connectivity index (χ1) is 11.4. The van der Waals surface area contributed by atoms with E-state index in [9.17, 15) is 27.6 Å². The first kappa shape index (κ1) is 17.3. The third-order valence-electron chi connectivity index (χ3n) is 3.07. The standard InChI is InChI=1S/C15H10F3NO5/c1-23-14-12(5-20)24-6-9(13(14)21)15(22)19-4-8-10(17)2-7(16)3-11(8)18/h2-3,5-6H,4H2,1H3,(H,19,22). The maximum Gasteiger partial charge on any atom is 0.258 e. The number of benzene rings is 1. The Hall–Kier alpha value is -3.10. The van der Waals surface area contributed by atoms with E-state index in [-0.39, 0.29) is 6.29 Å². The molecule has 0 fully saturated rings. The average Bonchev–Trinajstić information content (AvgIpc) is 2.53. The molecule has 1 aromatic carbocycles. The number of rotatable bonds is 5. The minimum absolute atomic E-state index is 0.227. The van der Waals surface area contributed by atoms with E-state index in [2.05, 4.69) is 5.32 Å². The van der Waals surface area contributed by atoms with Crippen molar-refractivity contribution in [3.05, 3.63) is 63.0 Å². The summed E-state index contributed by atoms with van der Waals surface area (Å²) in [6.45, 7) is -0.631. The number of methoxy groups -OCH3 is 1. The van der Waals surface area contributed by atoms with Crippen LogP contribution >= 0.6 is 0 Å². The van der Waals surface area contributed by atoms with Crippen LogP contribution in [0.2, 0.25) is 0 Å². The van der Waals surface area contributed by atoms with Crippen LogP contribution in [0.1, 0.15) is 26.5 Å². The monoisotopic (exact) mass is 341 g/mol. The smallest absolute Gasteiger partial charge is 0.258 e. The number of halogens is 3. The van der Waals surface area contributed by atoms with Gasteiger partial charge in [-0.2, -0.15) is 0 Å². The van der Waals surface area contributed by atoms with Crippen LogP contribution in [-0.4, -0.2) is 19.3 Å². The number of ether oxygens (including phenoxy) is 1. The van der Waals surface area contributed by atoms with Gasteiger partial charge in [-0.05, 0) is 0 Å². The predicted molar refractivity (Wildman–Crippen MR) is 74.4 cm³/mol. The second-order valence-electron chi connectivity index (χ2n) is 4.52. The van der Waals surface area contributed by atoms with Crippen molar-refractivity contribution in [2.45, 2.75) is 6.54 Å². The summed E-state index contributed by atoms with van der Waals surface area (Å²) in [7, 11) is 1.10. The molecule has 0 saturated carbocycles. The average molecular weight is 341 g/mol. The summed E-state index contributed by atoms with van der Waals surface area (Å²) in [5, 5.41) is 2.10. The molecule has 1 amide bonds. The van der Waals surface area contributed by atoms with E-state index < -0.39 is 58.0 Å². The van der Waals surface area contributed by atoms with Crippen LogP contribution in [0.25, 0.3) is 0 Å². The van der Waals surface area contributed by atoms with Gasteiger partial charge in [0.05, 0.1) is 7.11 Å². The minimum atomic E-state index is -1.19. The van der Waals surface area contributed by atoms with Crippen LogP contribution in [0.15, 0.2) is 27.6 Å². The summed E-state index contributed by atoms with van der Waals surface area (Å²) in [6.07, 6.45) is 0.951. The van der Waals surface area contributed by atoms with Crippen molar-refractivity contribution in [1.82, 2.24) is 5.32 Å². The molecule has 0 aliphatic carbocycles. The van der Waals surface area contributed by atoms with Gasteiger partial charge in [-0.1, -0.05) is 0 Å². The van der Waals surface area contributed by atoms with Crippen molar-refractivity contribution in [2.24, 2.45) is 0 Å². The molecule has 2 aromatic rings. The maximum absolute atomic E-state index is 13.5. The first-order valence-corrected chi connectivity index (χ1v) is 6.45. The van der Waals surface area contributed by atoms with Crippen molar-refractivity contribution in [2.75, 3.05) is 7.11 Å². The zero-order valence-electron chi connectivity index (χ0n) is 12.2. The predicted octanol–water partition coefficient (Wildman–Crippen LogP) is 1.81. The Morgan fingerprint density at radius 3 is 2.46 bits per heavy atom. The molecule has 1 aromatic heterocycles. The summed E-state index contributed by atoms with van der Waals surface area (Å²) in [5.74, 6) is -5.37. The van der Waals surface area contributed by atoms with E-state index in [4.69, 9.17) is 9.15 Å². The van der Waals surface area contributed by atoms with E-state index in [1.807, 2.05) is 0 Å². The molecular formula is C15H10F3NO5. The van der Waals surface area contributed by atoms with Gasteiger partial charge >= 0.3 is 0 Å². The highest BCUT2D eigenvalue weighted by atomic mass is 19.1. The fourth-order valence-electron chi connectivity index (χ4n) is 1.90. The Kier molecular flexibility index (Phi) is 5.02. The van der Waals surface area contributed by atoms with Crippen molar-refractivity contribution in [1.29, 1.82) is 0 Å². The molecule has 0 aliphatic rings. The highest BCUT2D eigenvalue weighted by Crippen LogP contribution is 2.15. The van der Waals surface area contributed by atoms with E-state index in [1.165, 1.54) is 0 Å². The molecule has 1 heterocycles. The first-order valence-electron chi connectivity index (χ1n) is 6.45. The maximum atomic E-state index is 13.5. The molecule has 24 heavy (non-hydrogen) atoms. The largest absolute Gasteiger partial charge is 0.489 e. The Balaban J connectivity index is 2.26. The SMILES string of the molecule is COc1c(C=O)occ(C(=O)NCc2c(F)cc(F)cc2F)c1=O. The fraction of sp³-hybridized carbons (Fsp3) is 0.133. The molecule has 0 unspecified atom stereocenters. The van der Waals surface area contributed by atoms with Gasteiger partial charge in [0, 0.05) is 24.2 Å². The third-order valence-corrected chi connectivity index (χ3v) is 3.07. The minimum Gasteiger partial charge on any atom is -0.489 e. The van der Waals surface area contributed by atoms with Gasteiger partial charge in [-0.15, -0.1) is 0 Å². The van der Waals surface area contributed by atoms with Crippen LogP contribution < -0.4 is 15.5 Å². The Labute approximate surface area is 132 Å². The number of carbonyl (C=O) groups is 2. The molecule has 0 bridgehead atoms. The molecule has 2 rings (SSSR count). The quantitative estimate of drug-likeness (QED) is 0.839. The molecule has 126 valence electrons. The molecule has 0 atom stereocenters. The number of nitrogens with one attached hydrogen (secondary N) is 1. The second kappa shape index (κ2) is 6.99. The highest BCUT2D eigenvalue weighted by Gasteiger charge is 2.20. The van der Waals surface area contributed by atoms with Crippen molar-refractivity contribution >= 4 is 12.2 Å². The number of carbonyl (C=O) groups excluding carboxylic acids is 2. The molecule has 0 aliphatic heterocycles. The zero-order valence-corrected chi connectivity index (χ0v) is 12.2. The van der Waals surface area contributed by atoms with Gasteiger partial charge in [0.25, 0.3) is 5.91 Å². The molecule has 0 radical (unpaired) electrons. The second-order valence-corrected chi connectivity index (χ2v) is 4.52. The Bertz CT molecular complexity index is 840. The van der Waals surface area contributed by atoms with E-state index >= 15 is 0 Å². The lowest BCUT2D eigenvalue weighted by Gasteiger charge is -2.08. The van der Waals surface area contributed by atoms with Crippen molar-refractivity contribution in [3.63, 3.8) is 0 Å². The highest BCUT2D eigenvalue weighted by molar-refractivity contribution is 5.94. The van der Waals surface area contributed by atoms with Crippen molar-refractivity contribution in [3.8, 4) is 5.75 Å². The number of aldehydes is 1. The molecule has 0 saturated heterocycles. The number of amides is 1. The van der Waals surface area contributed by atoms with Crippen LogP contribution in [0.3, 0.4) is 0 Å². The molecule has 9 heteroatoms. The van der Waals surface area contributed by atoms with Gasteiger partial charge in [-0.25, -0.2) is 13.2 Å². The topological polar surface area (TPSA) is 85.6 Å². The zero-order chi connectivity index (χ0) is 17.9. The number of hydrogen-bond acceptors (Lipinski definition) is 5. The Morgan fingerprint density at radius 1 is 1.29 bits per heavy atom. The van der Waals surface area contributed by atoms with Crippen LogP contribution in [-0.2, 0) is 6.54 Å². The van der Waals surface area contributed by atoms with Crippen molar-refractivity contribution < 1.29 is 31.9 Å². The van der Waals surface area contributed by atoms with Crippen LogP contribution in [0.4, 0.5) is 13.2 Å². The van der Waals surface area contributed by atoms with E-state index in [0.29, 0.717) is 12.1 Å². The molecule has 6 nitrogen and oxygen atoms in total. The van der Waals surface area contributed by atoms with Crippen LogP contribution in [0, 0.1) is 17.5 Å². The number of hydrogen-bond donors (Lipinski definition) is 1. The lowest BCUT2D eigenvalue weighted by molar-refractivity contribution is 0.0943. The normalized spacial score (nSPS) is 10.3. The molecule has 1 N–H and O–H groups in total. The fourth-order valence-corrected chi connectivity index (χ4v) is 1.90. The van der Waals surface area contributed by atoms with Gasteiger partial charge < -0.3 is 14.5 Å². The molecule has 0 spiro atoms. The van der Waals surface area contributed by atoms with E-state index in [1.54, 1.807) is 0 Å². The van der Waals surface area contributed by atoms with Gasteiger partial charge in [-0.3, -0.25) is 14.4 Å². The summed E-state index contributed by atoms with van der Waals surface area (Å²) in [5.41, 5.74) is -2.03. The van der Waals surface area contributed by atoms with Crippen LogP contribution in [0.5, 0.6) is 5.75 Å². The molecular weight excluding hydrogens is 331 g/mol. The summed E-state index contributed by atoms with van der Waals surface area (Å²) < 4.78 is 49.3. The van der Waals surface area contributed by atoms with E-state index in [0.717, 1.165) is 13.4 Å².